The summed E-state index contributed by atoms with van der Waals surface area (Å²) in [7, 11) is 3.24. The van der Waals surface area contributed by atoms with Gasteiger partial charge in [-0.15, -0.1) is 0 Å². The van der Waals surface area contributed by atoms with Crippen molar-refractivity contribution in [2.75, 3.05) is 19.5 Å². The van der Waals surface area contributed by atoms with Gasteiger partial charge in [-0.2, -0.15) is 4.37 Å². The summed E-state index contributed by atoms with van der Waals surface area (Å²) in [6, 6.07) is 18.7. The van der Waals surface area contributed by atoms with E-state index < -0.39 is 6.04 Å². The van der Waals surface area contributed by atoms with E-state index in [0.29, 0.717) is 17.2 Å². The molecule has 0 radical (unpaired) electrons. The van der Waals surface area contributed by atoms with E-state index in [2.05, 4.69) is 22.7 Å². The number of hydrogen-bond donors (Lipinski definition) is 2. The van der Waals surface area contributed by atoms with Gasteiger partial charge in [0.1, 0.15) is 22.8 Å². The van der Waals surface area contributed by atoms with Gasteiger partial charge in [-0.25, -0.2) is 0 Å². The lowest BCUT2D eigenvalue weighted by atomic mass is 9.99. The zero-order valence-electron chi connectivity index (χ0n) is 21.7. The SMILES string of the molecule is COc1ccc(-c2cnsc2-c2cc(C)c(C)c(OC)c2)cc1NC(=O)[C@@H](N)Cc1cc2ccccc2o1. The molecule has 0 saturated heterocycles. The van der Waals surface area contributed by atoms with Crippen molar-refractivity contribution in [1.29, 1.82) is 0 Å². The average molecular weight is 528 g/mol. The Morgan fingerprint density at radius 2 is 1.82 bits per heavy atom. The molecule has 2 heterocycles. The van der Waals surface area contributed by atoms with Crippen LogP contribution in [0.2, 0.25) is 0 Å². The number of para-hydroxylation sites is 1. The Kier molecular flexibility index (Phi) is 7.18. The number of amides is 1. The summed E-state index contributed by atoms with van der Waals surface area (Å²) in [6.07, 6.45) is 2.11. The number of nitrogens with one attached hydrogen (secondary N) is 1. The number of furan rings is 1. The number of carbonyl (C=O) groups is 1. The minimum Gasteiger partial charge on any atom is -0.496 e. The van der Waals surface area contributed by atoms with Gasteiger partial charge in [-0.05, 0) is 78.0 Å². The number of fused-ring (bicyclic) bond motifs is 1. The van der Waals surface area contributed by atoms with E-state index in [9.17, 15) is 4.79 Å². The topological polar surface area (TPSA) is 99.6 Å². The van der Waals surface area contributed by atoms with Gasteiger partial charge in [0, 0.05) is 23.6 Å². The van der Waals surface area contributed by atoms with Gasteiger partial charge in [0.15, 0.2) is 0 Å². The Bertz CT molecular complexity index is 1590. The number of carbonyl (C=O) groups excluding carboxylic acids is 1. The van der Waals surface area contributed by atoms with E-state index in [1.807, 2.05) is 67.7 Å². The molecule has 0 aliphatic carbocycles. The molecule has 0 aliphatic rings. The second-order valence-corrected chi connectivity index (χ2v) is 9.96. The van der Waals surface area contributed by atoms with Crippen LogP contribution >= 0.6 is 11.5 Å². The minimum atomic E-state index is -0.801. The summed E-state index contributed by atoms with van der Waals surface area (Å²) in [5, 5.41) is 3.92. The number of methoxy groups -OCH3 is 2. The molecule has 3 N–H and O–H groups in total. The molecule has 2 aromatic heterocycles. The molecule has 5 rings (SSSR count). The molecule has 0 spiro atoms. The molecule has 38 heavy (non-hydrogen) atoms. The standard InChI is InChI=1S/C30H29N3O4S/c1-17-11-21(14-28(36-4)18(17)2)29-23(16-32-38-29)19-9-10-27(35-3)25(13-19)33-30(34)24(31)15-22-12-20-7-5-6-8-26(20)37-22/h5-14,16,24H,15,31H2,1-4H3,(H,33,34)/t24-/m0/s1. The molecular formula is C30H29N3O4S. The van der Waals surface area contributed by atoms with Crippen LogP contribution in [0, 0.1) is 13.8 Å². The third-order valence-electron chi connectivity index (χ3n) is 6.68. The molecule has 0 bridgehead atoms. The largest absolute Gasteiger partial charge is 0.496 e. The van der Waals surface area contributed by atoms with E-state index in [-0.39, 0.29) is 12.3 Å². The van der Waals surface area contributed by atoms with Crippen molar-refractivity contribution >= 4 is 34.1 Å². The molecule has 5 aromatic rings. The number of anilines is 1. The lowest BCUT2D eigenvalue weighted by Crippen LogP contribution is -2.37. The normalized spacial score (nSPS) is 11.9. The van der Waals surface area contributed by atoms with Crippen molar-refractivity contribution in [3.8, 4) is 33.1 Å². The first kappa shape index (κ1) is 25.5. The number of aryl methyl sites for hydroxylation is 1. The fraction of sp³-hybridized carbons (Fsp3) is 0.200. The molecule has 0 unspecified atom stereocenters. The molecule has 3 aromatic carbocycles. The summed E-state index contributed by atoms with van der Waals surface area (Å²) >= 11 is 1.41. The number of aromatic nitrogens is 1. The van der Waals surface area contributed by atoms with Crippen LogP contribution in [0.25, 0.3) is 32.5 Å². The first-order valence-corrected chi connectivity index (χ1v) is 13.0. The summed E-state index contributed by atoms with van der Waals surface area (Å²) in [4.78, 5) is 14.1. The van der Waals surface area contributed by atoms with Gasteiger partial charge < -0.3 is 24.9 Å². The number of hydrogen-bond acceptors (Lipinski definition) is 7. The summed E-state index contributed by atoms with van der Waals surface area (Å²) in [6.45, 7) is 4.11. The molecule has 8 heteroatoms. The van der Waals surface area contributed by atoms with Gasteiger partial charge in [0.2, 0.25) is 5.91 Å². The van der Waals surface area contributed by atoms with Crippen LogP contribution in [0.15, 0.2) is 71.3 Å². The van der Waals surface area contributed by atoms with Crippen molar-refractivity contribution < 1.29 is 18.7 Å². The van der Waals surface area contributed by atoms with Gasteiger partial charge in [0.25, 0.3) is 0 Å². The van der Waals surface area contributed by atoms with Gasteiger partial charge in [0.05, 0.1) is 30.8 Å². The Labute approximate surface area is 225 Å². The highest BCUT2D eigenvalue weighted by atomic mass is 32.1. The van der Waals surface area contributed by atoms with E-state index in [1.54, 1.807) is 14.2 Å². The van der Waals surface area contributed by atoms with E-state index >= 15 is 0 Å². The van der Waals surface area contributed by atoms with Crippen molar-refractivity contribution in [3.05, 3.63) is 83.7 Å². The number of rotatable bonds is 8. The predicted molar refractivity (Wildman–Crippen MR) is 152 cm³/mol. The van der Waals surface area contributed by atoms with Gasteiger partial charge in [-0.3, -0.25) is 4.79 Å². The second kappa shape index (κ2) is 10.7. The zero-order chi connectivity index (χ0) is 26.8. The van der Waals surface area contributed by atoms with Crippen molar-refractivity contribution in [3.63, 3.8) is 0 Å². The smallest absolute Gasteiger partial charge is 0.241 e. The molecule has 194 valence electrons. The number of benzene rings is 3. The maximum absolute atomic E-state index is 13.1. The molecule has 0 saturated carbocycles. The summed E-state index contributed by atoms with van der Waals surface area (Å²) in [5.74, 6) is 1.70. The van der Waals surface area contributed by atoms with Crippen LogP contribution in [0.3, 0.4) is 0 Å². The Morgan fingerprint density at radius 1 is 1.03 bits per heavy atom. The first-order chi connectivity index (χ1) is 18.4. The number of nitrogens with two attached hydrogens (primary N) is 1. The predicted octanol–water partition coefficient (Wildman–Crippen LogP) is 6.37. The van der Waals surface area contributed by atoms with Crippen LogP contribution in [-0.2, 0) is 11.2 Å². The molecule has 0 aliphatic heterocycles. The Morgan fingerprint density at radius 3 is 2.58 bits per heavy atom. The lowest BCUT2D eigenvalue weighted by molar-refractivity contribution is -0.117. The molecular weight excluding hydrogens is 498 g/mol. The number of ether oxygens (including phenoxy) is 2. The van der Waals surface area contributed by atoms with Crippen LogP contribution in [0.1, 0.15) is 16.9 Å². The van der Waals surface area contributed by atoms with Crippen molar-refractivity contribution in [2.24, 2.45) is 5.73 Å². The van der Waals surface area contributed by atoms with Gasteiger partial charge in [-0.1, -0.05) is 30.3 Å². The van der Waals surface area contributed by atoms with Gasteiger partial charge >= 0.3 is 0 Å². The molecule has 1 atom stereocenters. The van der Waals surface area contributed by atoms with Crippen molar-refractivity contribution in [1.82, 2.24) is 4.37 Å². The highest BCUT2D eigenvalue weighted by molar-refractivity contribution is 7.10. The number of nitrogens with zero attached hydrogens (tertiary/aromatic N) is 1. The third-order valence-corrected chi connectivity index (χ3v) is 7.52. The quantitative estimate of drug-likeness (QED) is 0.243. The third kappa shape index (κ3) is 5.01. The van der Waals surface area contributed by atoms with E-state index in [1.165, 1.54) is 11.5 Å². The fourth-order valence-electron chi connectivity index (χ4n) is 4.47. The van der Waals surface area contributed by atoms with Crippen LogP contribution in [-0.4, -0.2) is 30.5 Å². The minimum absolute atomic E-state index is 0.274. The zero-order valence-corrected chi connectivity index (χ0v) is 22.5. The Hall–Kier alpha value is -4.14. The summed E-state index contributed by atoms with van der Waals surface area (Å²) < 4.78 is 21.4. The van der Waals surface area contributed by atoms with Crippen molar-refractivity contribution in [2.45, 2.75) is 26.3 Å². The van der Waals surface area contributed by atoms with Crippen LogP contribution in [0.5, 0.6) is 11.5 Å². The highest BCUT2D eigenvalue weighted by Gasteiger charge is 2.20. The maximum atomic E-state index is 13.1. The monoisotopic (exact) mass is 527 g/mol. The lowest BCUT2D eigenvalue weighted by Gasteiger charge is -2.15. The van der Waals surface area contributed by atoms with Crippen LogP contribution < -0.4 is 20.5 Å². The second-order valence-electron chi connectivity index (χ2n) is 9.15. The fourth-order valence-corrected chi connectivity index (χ4v) is 5.22. The molecule has 0 fully saturated rings. The molecule has 7 nitrogen and oxygen atoms in total. The van der Waals surface area contributed by atoms with Crippen LogP contribution in [0.4, 0.5) is 5.69 Å². The molecule has 1 amide bonds. The first-order valence-electron chi connectivity index (χ1n) is 12.2. The van der Waals surface area contributed by atoms with E-state index in [0.717, 1.165) is 49.4 Å². The Balaban J connectivity index is 1.41. The summed E-state index contributed by atoms with van der Waals surface area (Å²) in [5.41, 5.74) is 12.7. The van der Waals surface area contributed by atoms with E-state index in [4.69, 9.17) is 19.6 Å². The average Bonchev–Trinajstić information content (AvgIpc) is 3.57. The highest BCUT2D eigenvalue weighted by Crippen LogP contribution is 2.40. The maximum Gasteiger partial charge on any atom is 0.241 e.